The van der Waals surface area contributed by atoms with Crippen molar-refractivity contribution in [1.82, 2.24) is 10.2 Å². The van der Waals surface area contributed by atoms with Crippen molar-refractivity contribution in [1.29, 1.82) is 0 Å². The Kier molecular flexibility index (Phi) is 7.81. The van der Waals surface area contributed by atoms with Crippen LogP contribution >= 0.6 is 0 Å². The van der Waals surface area contributed by atoms with Crippen LogP contribution in [0.4, 0.5) is 20.6 Å². The summed E-state index contributed by atoms with van der Waals surface area (Å²) in [5, 5.41) is 7.73. The van der Waals surface area contributed by atoms with Crippen LogP contribution in [-0.2, 0) is 14.4 Å². The molecule has 0 spiro atoms. The Morgan fingerprint density at radius 2 is 1.63 bits per heavy atom. The van der Waals surface area contributed by atoms with Crippen LogP contribution in [0.2, 0.25) is 0 Å². The van der Waals surface area contributed by atoms with Gasteiger partial charge in [-0.05, 0) is 85.1 Å². The molecule has 10 heteroatoms. The molecule has 0 radical (unpaired) electrons. The summed E-state index contributed by atoms with van der Waals surface area (Å²) in [4.78, 5) is 50.4. The van der Waals surface area contributed by atoms with Crippen LogP contribution in [0.5, 0.6) is 5.75 Å². The van der Waals surface area contributed by atoms with Gasteiger partial charge in [0.05, 0.1) is 0 Å². The van der Waals surface area contributed by atoms with Crippen LogP contribution in [0.15, 0.2) is 72.4 Å². The molecule has 3 aromatic carbocycles. The van der Waals surface area contributed by atoms with Gasteiger partial charge >= 0.3 is 6.03 Å². The van der Waals surface area contributed by atoms with Gasteiger partial charge in [-0.1, -0.05) is 18.2 Å². The molecule has 3 N–H and O–H groups in total. The summed E-state index contributed by atoms with van der Waals surface area (Å²) >= 11 is 0. The molecule has 0 aromatic heterocycles. The number of imide groups is 1. The second-order valence-electron chi connectivity index (χ2n) is 8.64. The summed E-state index contributed by atoms with van der Waals surface area (Å²) in [7, 11) is 0. The number of aryl methyl sites for hydroxylation is 2. The van der Waals surface area contributed by atoms with Crippen molar-refractivity contribution >= 4 is 41.2 Å². The maximum absolute atomic E-state index is 13.0. The van der Waals surface area contributed by atoms with Crippen molar-refractivity contribution in [3.05, 3.63) is 94.9 Å². The zero-order chi connectivity index (χ0) is 27.2. The van der Waals surface area contributed by atoms with Crippen molar-refractivity contribution in [3.8, 4) is 5.75 Å². The molecule has 5 amide bonds. The fourth-order valence-corrected chi connectivity index (χ4v) is 3.62. The fourth-order valence-electron chi connectivity index (χ4n) is 3.62. The minimum Gasteiger partial charge on any atom is -0.484 e. The first-order chi connectivity index (χ1) is 18.2. The van der Waals surface area contributed by atoms with E-state index in [1.54, 1.807) is 24.3 Å². The van der Waals surface area contributed by atoms with E-state index in [4.69, 9.17) is 4.74 Å². The van der Waals surface area contributed by atoms with E-state index in [1.165, 1.54) is 30.3 Å². The first kappa shape index (κ1) is 26.1. The highest BCUT2D eigenvalue weighted by atomic mass is 19.1. The van der Waals surface area contributed by atoms with E-state index in [2.05, 4.69) is 16.0 Å². The third-order valence-electron chi connectivity index (χ3n) is 5.72. The molecule has 0 atom stereocenters. The molecule has 0 aliphatic carbocycles. The minimum absolute atomic E-state index is 0.0192. The summed E-state index contributed by atoms with van der Waals surface area (Å²) in [6.45, 7) is 3.21. The Bertz CT molecular complexity index is 1440. The fraction of sp³-hybridized carbons (Fsp3) is 0.143. The summed E-state index contributed by atoms with van der Waals surface area (Å²) in [6, 6.07) is 16.6. The van der Waals surface area contributed by atoms with E-state index >= 15 is 0 Å². The SMILES string of the molecule is Cc1ccc(NC(=O)COc2cccc(/C=C3\NC(=O)N(CC(=O)Nc4ccc(F)cc4)C3=O)c2)cc1C. The Hall–Kier alpha value is -4.99. The highest BCUT2D eigenvalue weighted by Crippen LogP contribution is 2.19. The number of hydrogen-bond acceptors (Lipinski definition) is 5. The van der Waals surface area contributed by atoms with E-state index in [0.717, 1.165) is 16.0 Å². The second-order valence-corrected chi connectivity index (χ2v) is 8.64. The molecule has 0 unspecified atom stereocenters. The average molecular weight is 517 g/mol. The summed E-state index contributed by atoms with van der Waals surface area (Å²) < 4.78 is 18.6. The number of anilines is 2. The number of halogens is 1. The molecule has 3 aromatic rings. The van der Waals surface area contributed by atoms with E-state index in [9.17, 15) is 23.6 Å². The lowest BCUT2D eigenvalue weighted by Gasteiger charge is -2.12. The number of nitrogens with zero attached hydrogens (tertiary/aromatic N) is 1. The molecule has 1 aliphatic heterocycles. The maximum Gasteiger partial charge on any atom is 0.329 e. The first-order valence-electron chi connectivity index (χ1n) is 11.7. The number of ether oxygens (including phenoxy) is 1. The molecule has 1 fully saturated rings. The topological polar surface area (TPSA) is 117 Å². The highest BCUT2D eigenvalue weighted by Gasteiger charge is 2.34. The predicted octanol–water partition coefficient (Wildman–Crippen LogP) is 3.99. The van der Waals surface area contributed by atoms with E-state index in [-0.39, 0.29) is 18.2 Å². The standard InChI is InChI=1S/C28H25FN4O5/c1-17-6-9-22(12-18(17)2)31-26(35)16-38-23-5-3-4-19(13-23)14-24-27(36)33(28(37)32-24)15-25(34)30-21-10-7-20(29)8-11-21/h3-14H,15-16H2,1-2H3,(H,30,34)(H,31,35)(H,32,37)/b24-14-. The van der Waals surface area contributed by atoms with E-state index < -0.39 is 30.2 Å². The smallest absolute Gasteiger partial charge is 0.329 e. The Morgan fingerprint density at radius 1 is 0.921 bits per heavy atom. The molecular weight excluding hydrogens is 491 g/mol. The number of amides is 5. The number of benzene rings is 3. The Balaban J connectivity index is 1.34. The maximum atomic E-state index is 13.0. The van der Waals surface area contributed by atoms with Crippen molar-refractivity contribution in [2.45, 2.75) is 13.8 Å². The molecule has 194 valence electrons. The predicted molar refractivity (Wildman–Crippen MR) is 140 cm³/mol. The highest BCUT2D eigenvalue weighted by molar-refractivity contribution is 6.16. The normalized spacial score (nSPS) is 13.9. The Morgan fingerprint density at radius 3 is 2.37 bits per heavy atom. The van der Waals surface area contributed by atoms with E-state index in [1.807, 2.05) is 32.0 Å². The van der Waals surface area contributed by atoms with Gasteiger partial charge in [-0.3, -0.25) is 14.4 Å². The molecule has 0 bridgehead atoms. The molecule has 1 heterocycles. The molecule has 9 nitrogen and oxygen atoms in total. The van der Waals surface area contributed by atoms with Gasteiger partial charge in [0.2, 0.25) is 5.91 Å². The van der Waals surface area contributed by atoms with Crippen LogP contribution in [0.25, 0.3) is 6.08 Å². The minimum atomic E-state index is -0.745. The van der Waals surface area contributed by atoms with Crippen LogP contribution in [0.1, 0.15) is 16.7 Å². The third-order valence-corrected chi connectivity index (χ3v) is 5.72. The zero-order valence-electron chi connectivity index (χ0n) is 20.7. The van der Waals surface area contributed by atoms with Crippen molar-refractivity contribution in [3.63, 3.8) is 0 Å². The summed E-state index contributed by atoms with van der Waals surface area (Å²) in [6.07, 6.45) is 1.44. The van der Waals surface area contributed by atoms with Gasteiger partial charge in [0.15, 0.2) is 6.61 Å². The largest absolute Gasteiger partial charge is 0.484 e. The quantitative estimate of drug-likeness (QED) is 0.309. The van der Waals surface area contributed by atoms with Crippen molar-refractivity contribution in [2.75, 3.05) is 23.8 Å². The lowest BCUT2D eigenvalue weighted by molar-refractivity contribution is -0.127. The lowest BCUT2D eigenvalue weighted by atomic mass is 10.1. The van der Waals surface area contributed by atoms with Crippen molar-refractivity contribution in [2.24, 2.45) is 0 Å². The van der Waals surface area contributed by atoms with Gasteiger partial charge in [0.1, 0.15) is 23.8 Å². The molecular formula is C28H25FN4O5. The molecule has 1 saturated heterocycles. The van der Waals surface area contributed by atoms with Crippen LogP contribution in [-0.4, -0.2) is 41.8 Å². The number of carbonyl (C=O) groups is 4. The number of urea groups is 1. The van der Waals surface area contributed by atoms with Crippen LogP contribution < -0.4 is 20.7 Å². The summed E-state index contributed by atoms with van der Waals surface area (Å²) in [5.41, 5.74) is 3.71. The van der Waals surface area contributed by atoms with Crippen molar-refractivity contribution < 1.29 is 28.3 Å². The number of carbonyl (C=O) groups excluding carboxylic acids is 4. The average Bonchev–Trinajstić information content (AvgIpc) is 3.14. The molecule has 4 rings (SSSR count). The van der Waals surface area contributed by atoms with Gasteiger partial charge in [-0.2, -0.15) is 0 Å². The van der Waals surface area contributed by atoms with Crippen LogP contribution in [0.3, 0.4) is 0 Å². The molecule has 38 heavy (non-hydrogen) atoms. The third kappa shape index (κ3) is 6.61. The van der Waals surface area contributed by atoms with Gasteiger partial charge in [0.25, 0.3) is 11.8 Å². The monoisotopic (exact) mass is 516 g/mol. The molecule has 0 saturated carbocycles. The van der Waals surface area contributed by atoms with E-state index in [0.29, 0.717) is 22.7 Å². The molecule has 1 aliphatic rings. The van der Waals surface area contributed by atoms with Gasteiger partial charge in [-0.15, -0.1) is 0 Å². The van der Waals surface area contributed by atoms with Crippen LogP contribution in [0, 0.1) is 19.7 Å². The number of hydrogen-bond donors (Lipinski definition) is 3. The van der Waals surface area contributed by atoms with Gasteiger partial charge in [-0.25, -0.2) is 14.1 Å². The first-order valence-corrected chi connectivity index (χ1v) is 11.7. The van der Waals surface area contributed by atoms with Gasteiger partial charge < -0.3 is 20.7 Å². The number of rotatable bonds is 8. The van der Waals surface area contributed by atoms with Gasteiger partial charge in [0, 0.05) is 11.4 Å². The number of nitrogens with one attached hydrogen (secondary N) is 3. The lowest BCUT2D eigenvalue weighted by Crippen LogP contribution is -2.38. The summed E-state index contributed by atoms with van der Waals surface area (Å²) in [5.74, 6) is -1.69. The Labute approximate surface area is 218 Å². The second kappa shape index (κ2) is 11.4. The zero-order valence-corrected chi connectivity index (χ0v) is 20.7.